The van der Waals surface area contributed by atoms with Crippen LogP contribution >= 0.6 is 11.6 Å². The first-order valence-electron chi connectivity index (χ1n) is 6.35. The van der Waals surface area contributed by atoms with Crippen LogP contribution < -0.4 is 5.32 Å². The third-order valence-electron chi connectivity index (χ3n) is 2.84. The minimum atomic E-state index is 0.795. The molecule has 0 unspecified atom stereocenters. The van der Waals surface area contributed by atoms with Crippen molar-refractivity contribution in [2.75, 3.05) is 40.4 Å². The summed E-state index contributed by atoms with van der Waals surface area (Å²) in [6.07, 6.45) is 1.13. The molecule has 4 heteroatoms. The van der Waals surface area contributed by atoms with Crippen molar-refractivity contribution in [3.05, 3.63) is 34.9 Å². The number of halogens is 1. The zero-order valence-electron chi connectivity index (χ0n) is 11.3. The van der Waals surface area contributed by atoms with Crippen LogP contribution in [0.4, 0.5) is 0 Å². The number of ether oxygens (including phenoxy) is 1. The maximum absolute atomic E-state index is 6.08. The zero-order chi connectivity index (χ0) is 13.2. The van der Waals surface area contributed by atoms with Gasteiger partial charge in [-0.05, 0) is 38.2 Å². The predicted molar refractivity (Wildman–Crippen MR) is 77.1 cm³/mol. The summed E-state index contributed by atoms with van der Waals surface area (Å²) >= 11 is 6.08. The Morgan fingerprint density at radius 1 is 1.28 bits per heavy atom. The Bertz CT molecular complexity index is 333. The summed E-state index contributed by atoms with van der Waals surface area (Å²) in [7, 11) is 3.85. The van der Waals surface area contributed by atoms with Crippen molar-refractivity contribution < 1.29 is 4.74 Å². The Morgan fingerprint density at radius 2 is 2.06 bits per heavy atom. The number of likely N-dealkylation sites (N-methyl/N-ethyl adjacent to an activating group) is 1. The fraction of sp³-hybridized carbons (Fsp3) is 0.571. The Kier molecular flexibility index (Phi) is 8.01. The van der Waals surface area contributed by atoms with Gasteiger partial charge in [-0.15, -0.1) is 0 Å². The topological polar surface area (TPSA) is 24.5 Å². The van der Waals surface area contributed by atoms with E-state index in [1.165, 1.54) is 0 Å². The lowest BCUT2D eigenvalue weighted by atomic mass is 10.2. The first-order valence-corrected chi connectivity index (χ1v) is 6.73. The van der Waals surface area contributed by atoms with Gasteiger partial charge in [-0.25, -0.2) is 0 Å². The van der Waals surface area contributed by atoms with Gasteiger partial charge in [0.2, 0.25) is 0 Å². The van der Waals surface area contributed by atoms with Gasteiger partial charge in [0, 0.05) is 25.2 Å². The van der Waals surface area contributed by atoms with Gasteiger partial charge in [-0.2, -0.15) is 0 Å². The number of nitrogens with zero attached hydrogens (tertiary/aromatic N) is 1. The number of methoxy groups -OCH3 is 1. The van der Waals surface area contributed by atoms with Crippen LogP contribution in [0, 0.1) is 0 Å². The van der Waals surface area contributed by atoms with Gasteiger partial charge in [-0.3, -0.25) is 0 Å². The molecule has 18 heavy (non-hydrogen) atoms. The monoisotopic (exact) mass is 270 g/mol. The molecule has 0 saturated heterocycles. The first kappa shape index (κ1) is 15.4. The summed E-state index contributed by atoms with van der Waals surface area (Å²) in [5, 5.41) is 4.25. The minimum Gasteiger partial charge on any atom is -0.383 e. The van der Waals surface area contributed by atoms with Crippen LogP contribution in [0.3, 0.4) is 0 Å². The summed E-state index contributed by atoms with van der Waals surface area (Å²) in [6.45, 7) is 4.70. The molecular weight excluding hydrogens is 248 g/mol. The van der Waals surface area contributed by atoms with E-state index in [9.17, 15) is 0 Å². The maximum atomic E-state index is 6.08. The molecule has 0 spiro atoms. The predicted octanol–water partition coefficient (Wildman–Crippen LogP) is 2.40. The number of rotatable bonds is 9. The van der Waals surface area contributed by atoms with Gasteiger partial charge in [0.15, 0.2) is 0 Å². The van der Waals surface area contributed by atoms with Crippen molar-refractivity contribution in [3.8, 4) is 0 Å². The lowest BCUT2D eigenvalue weighted by Crippen LogP contribution is -2.26. The quantitative estimate of drug-likeness (QED) is 0.698. The SMILES string of the molecule is COCCN(C)CCCNCc1ccccc1Cl. The van der Waals surface area contributed by atoms with Crippen molar-refractivity contribution >= 4 is 11.6 Å². The molecule has 102 valence electrons. The third kappa shape index (κ3) is 6.36. The highest BCUT2D eigenvalue weighted by Crippen LogP contribution is 2.14. The highest BCUT2D eigenvalue weighted by Gasteiger charge is 1.99. The van der Waals surface area contributed by atoms with Crippen molar-refractivity contribution in [1.82, 2.24) is 10.2 Å². The van der Waals surface area contributed by atoms with Gasteiger partial charge in [0.05, 0.1) is 6.61 Å². The van der Waals surface area contributed by atoms with Crippen molar-refractivity contribution in [1.29, 1.82) is 0 Å². The molecule has 0 fully saturated rings. The molecular formula is C14H23ClN2O. The molecule has 0 amide bonds. The second-order valence-corrected chi connectivity index (χ2v) is 4.83. The molecule has 0 aliphatic heterocycles. The molecule has 0 radical (unpaired) electrons. The van der Waals surface area contributed by atoms with Crippen LogP contribution in [-0.4, -0.2) is 45.3 Å². The minimum absolute atomic E-state index is 0.795. The van der Waals surface area contributed by atoms with Gasteiger partial charge in [0.1, 0.15) is 0 Å². The van der Waals surface area contributed by atoms with Crippen LogP contribution in [0.15, 0.2) is 24.3 Å². The lowest BCUT2D eigenvalue weighted by molar-refractivity contribution is 0.160. The van der Waals surface area contributed by atoms with Crippen molar-refractivity contribution in [2.24, 2.45) is 0 Å². The van der Waals surface area contributed by atoms with E-state index in [1.54, 1.807) is 7.11 Å². The maximum Gasteiger partial charge on any atom is 0.0589 e. The van der Waals surface area contributed by atoms with Crippen molar-refractivity contribution in [3.63, 3.8) is 0 Å². The van der Waals surface area contributed by atoms with E-state index >= 15 is 0 Å². The molecule has 0 bridgehead atoms. The van der Waals surface area contributed by atoms with E-state index in [4.69, 9.17) is 16.3 Å². The second kappa shape index (κ2) is 9.34. The smallest absolute Gasteiger partial charge is 0.0589 e. The van der Waals surface area contributed by atoms with E-state index in [2.05, 4.69) is 23.3 Å². The van der Waals surface area contributed by atoms with E-state index < -0.39 is 0 Å². The summed E-state index contributed by atoms with van der Waals surface area (Å²) < 4.78 is 5.04. The van der Waals surface area contributed by atoms with Crippen LogP contribution in [0.2, 0.25) is 5.02 Å². The molecule has 0 aliphatic carbocycles. The molecule has 0 saturated carbocycles. The summed E-state index contributed by atoms with van der Waals surface area (Å²) in [6, 6.07) is 7.95. The standard InChI is InChI=1S/C14H23ClN2O/c1-17(10-11-18-2)9-5-8-16-12-13-6-3-4-7-14(13)15/h3-4,6-7,16H,5,8-12H2,1-2H3. The molecule has 1 aromatic carbocycles. The Labute approximate surface area is 115 Å². The second-order valence-electron chi connectivity index (χ2n) is 4.42. The van der Waals surface area contributed by atoms with Gasteiger partial charge in [0.25, 0.3) is 0 Å². The summed E-state index contributed by atoms with van der Waals surface area (Å²) in [4.78, 5) is 2.28. The van der Waals surface area contributed by atoms with Gasteiger partial charge in [-0.1, -0.05) is 29.8 Å². The van der Waals surface area contributed by atoms with Crippen LogP contribution in [0.25, 0.3) is 0 Å². The van der Waals surface area contributed by atoms with E-state index in [0.29, 0.717) is 0 Å². The normalized spacial score (nSPS) is 11.1. The molecule has 1 rings (SSSR count). The van der Waals surface area contributed by atoms with Gasteiger partial charge >= 0.3 is 0 Å². The Hall–Kier alpha value is -0.610. The first-order chi connectivity index (χ1) is 8.74. The largest absolute Gasteiger partial charge is 0.383 e. The fourth-order valence-electron chi connectivity index (χ4n) is 1.70. The van der Waals surface area contributed by atoms with E-state index in [-0.39, 0.29) is 0 Å². The molecule has 1 aromatic rings. The number of nitrogens with one attached hydrogen (secondary N) is 1. The molecule has 0 aliphatic rings. The molecule has 3 nitrogen and oxygen atoms in total. The number of hydrogen-bond donors (Lipinski definition) is 1. The zero-order valence-corrected chi connectivity index (χ0v) is 12.0. The number of benzene rings is 1. The lowest BCUT2D eigenvalue weighted by Gasteiger charge is -2.15. The molecule has 1 N–H and O–H groups in total. The van der Waals surface area contributed by atoms with Crippen molar-refractivity contribution in [2.45, 2.75) is 13.0 Å². The Balaban J connectivity index is 2.07. The van der Waals surface area contributed by atoms with Crippen LogP contribution in [0.1, 0.15) is 12.0 Å². The van der Waals surface area contributed by atoms with E-state index in [1.807, 2.05) is 18.2 Å². The number of hydrogen-bond acceptors (Lipinski definition) is 3. The van der Waals surface area contributed by atoms with Crippen LogP contribution in [-0.2, 0) is 11.3 Å². The molecule has 0 atom stereocenters. The van der Waals surface area contributed by atoms with Gasteiger partial charge < -0.3 is 15.0 Å². The molecule has 0 heterocycles. The average molecular weight is 271 g/mol. The highest BCUT2D eigenvalue weighted by molar-refractivity contribution is 6.31. The summed E-state index contributed by atoms with van der Waals surface area (Å²) in [5.74, 6) is 0. The fourth-order valence-corrected chi connectivity index (χ4v) is 1.90. The Morgan fingerprint density at radius 3 is 2.78 bits per heavy atom. The highest BCUT2D eigenvalue weighted by atomic mass is 35.5. The average Bonchev–Trinajstić information content (AvgIpc) is 2.38. The molecule has 0 aromatic heterocycles. The third-order valence-corrected chi connectivity index (χ3v) is 3.21. The summed E-state index contributed by atoms with van der Waals surface area (Å²) in [5.41, 5.74) is 1.16. The van der Waals surface area contributed by atoms with E-state index in [0.717, 1.165) is 49.8 Å². The van der Waals surface area contributed by atoms with Crippen LogP contribution in [0.5, 0.6) is 0 Å².